The lowest BCUT2D eigenvalue weighted by molar-refractivity contribution is 0.141. The van der Waals surface area contributed by atoms with Crippen molar-refractivity contribution in [3.05, 3.63) is 71.8 Å². The molecule has 1 unspecified atom stereocenters. The molecule has 0 aromatic heterocycles. The fraction of sp³-hybridized carbons (Fsp3) is 0.333. The van der Waals surface area contributed by atoms with Crippen LogP contribution in [0.2, 0.25) is 0 Å². The first-order valence-electron chi connectivity index (χ1n) is 7.29. The minimum absolute atomic E-state index is 0.374. The first kappa shape index (κ1) is 14.8. The van der Waals surface area contributed by atoms with Gasteiger partial charge in [-0.15, -0.1) is 0 Å². The zero-order valence-electron chi connectivity index (χ0n) is 12.1. The van der Waals surface area contributed by atoms with E-state index in [1.807, 2.05) is 36.4 Å². The lowest BCUT2D eigenvalue weighted by Gasteiger charge is -2.22. The molecule has 0 aliphatic carbocycles. The van der Waals surface area contributed by atoms with Gasteiger partial charge in [-0.3, -0.25) is 4.90 Å². The summed E-state index contributed by atoms with van der Waals surface area (Å²) in [4.78, 5) is 2.36. The summed E-state index contributed by atoms with van der Waals surface area (Å²) in [5.74, 6) is 0. The maximum absolute atomic E-state index is 10.2. The van der Waals surface area contributed by atoms with Crippen molar-refractivity contribution >= 4 is 0 Å². The normalized spacial score (nSPS) is 12.6. The molecule has 2 aromatic carbocycles. The van der Waals surface area contributed by atoms with Crippen LogP contribution in [0.15, 0.2) is 60.7 Å². The van der Waals surface area contributed by atoms with Crippen molar-refractivity contribution in [2.45, 2.75) is 26.0 Å². The molecular weight excluding hydrogens is 246 g/mol. The highest BCUT2D eigenvalue weighted by Crippen LogP contribution is 2.17. The molecular formula is C18H23NO. The van der Waals surface area contributed by atoms with E-state index in [1.165, 1.54) is 5.56 Å². The van der Waals surface area contributed by atoms with E-state index >= 15 is 0 Å². The number of rotatable bonds is 7. The third-order valence-electron chi connectivity index (χ3n) is 3.60. The van der Waals surface area contributed by atoms with Crippen LogP contribution in [0.4, 0.5) is 0 Å². The molecule has 1 N–H and O–H groups in total. The second-order valence-corrected chi connectivity index (χ2v) is 5.07. The Kier molecular flexibility index (Phi) is 5.78. The minimum atomic E-state index is -0.374. The number of nitrogens with zero attached hydrogens (tertiary/aromatic N) is 1. The Morgan fingerprint density at radius 2 is 1.55 bits per heavy atom. The molecule has 2 heteroatoms. The van der Waals surface area contributed by atoms with E-state index in [9.17, 15) is 5.11 Å². The van der Waals surface area contributed by atoms with Crippen molar-refractivity contribution in [1.29, 1.82) is 0 Å². The average Bonchev–Trinajstić information content (AvgIpc) is 2.53. The van der Waals surface area contributed by atoms with Gasteiger partial charge in [0, 0.05) is 13.1 Å². The minimum Gasteiger partial charge on any atom is -0.388 e. The summed E-state index contributed by atoms with van der Waals surface area (Å²) in [5.41, 5.74) is 2.33. The summed E-state index contributed by atoms with van der Waals surface area (Å²) < 4.78 is 0. The monoisotopic (exact) mass is 269 g/mol. The molecule has 2 nitrogen and oxygen atoms in total. The molecule has 0 heterocycles. The van der Waals surface area contributed by atoms with Crippen molar-refractivity contribution in [1.82, 2.24) is 4.90 Å². The molecule has 0 aliphatic heterocycles. The molecule has 0 bridgehead atoms. The fourth-order valence-corrected chi connectivity index (χ4v) is 2.34. The second kappa shape index (κ2) is 7.83. The molecule has 0 aliphatic rings. The van der Waals surface area contributed by atoms with Crippen LogP contribution >= 0.6 is 0 Å². The van der Waals surface area contributed by atoms with Gasteiger partial charge in [0.2, 0.25) is 0 Å². The Morgan fingerprint density at radius 3 is 2.15 bits per heavy atom. The quantitative estimate of drug-likeness (QED) is 0.829. The second-order valence-electron chi connectivity index (χ2n) is 5.07. The van der Waals surface area contributed by atoms with Gasteiger partial charge in [-0.1, -0.05) is 67.6 Å². The highest BCUT2D eigenvalue weighted by molar-refractivity contribution is 5.17. The predicted octanol–water partition coefficient (Wildman–Crippen LogP) is 3.63. The van der Waals surface area contributed by atoms with Crippen LogP contribution in [0.5, 0.6) is 0 Å². The van der Waals surface area contributed by atoms with Gasteiger partial charge in [-0.25, -0.2) is 0 Å². The van der Waals surface area contributed by atoms with Crippen LogP contribution in [0.3, 0.4) is 0 Å². The van der Waals surface area contributed by atoms with Crippen LogP contribution in [-0.2, 0) is 6.54 Å². The summed E-state index contributed by atoms with van der Waals surface area (Å²) in [6.45, 7) is 5.01. The van der Waals surface area contributed by atoms with Crippen molar-refractivity contribution in [2.24, 2.45) is 0 Å². The van der Waals surface area contributed by atoms with E-state index in [0.29, 0.717) is 0 Å². The van der Waals surface area contributed by atoms with Crippen LogP contribution in [-0.4, -0.2) is 23.1 Å². The van der Waals surface area contributed by atoms with Crippen LogP contribution in [0.25, 0.3) is 0 Å². The maximum atomic E-state index is 10.2. The van der Waals surface area contributed by atoms with Crippen LogP contribution < -0.4 is 0 Å². The van der Waals surface area contributed by atoms with Crippen molar-refractivity contribution < 1.29 is 5.11 Å². The Labute approximate surface area is 121 Å². The molecule has 1 atom stereocenters. The summed E-state index contributed by atoms with van der Waals surface area (Å²) in [6.07, 6.45) is 0.394. The Hall–Kier alpha value is -1.64. The van der Waals surface area contributed by atoms with Crippen LogP contribution in [0.1, 0.15) is 30.6 Å². The summed E-state index contributed by atoms with van der Waals surface area (Å²) in [5, 5.41) is 10.2. The maximum Gasteiger partial charge on any atom is 0.0802 e. The standard InChI is InChI=1S/C18H23NO/c1-2-19(15-16-9-5-3-6-10-16)14-13-18(20)17-11-7-4-8-12-17/h3-12,18,20H,2,13-15H2,1H3. The Balaban J connectivity index is 1.85. The molecule has 2 rings (SSSR count). The van der Waals surface area contributed by atoms with Crippen molar-refractivity contribution in [2.75, 3.05) is 13.1 Å². The number of aliphatic hydroxyl groups excluding tert-OH is 1. The molecule has 106 valence electrons. The van der Waals surface area contributed by atoms with Gasteiger partial charge in [0.25, 0.3) is 0 Å². The predicted molar refractivity (Wildman–Crippen MR) is 83.4 cm³/mol. The number of hydrogen-bond donors (Lipinski definition) is 1. The smallest absolute Gasteiger partial charge is 0.0802 e. The highest BCUT2D eigenvalue weighted by atomic mass is 16.3. The Bertz CT molecular complexity index is 483. The van der Waals surface area contributed by atoms with E-state index in [1.54, 1.807) is 0 Å². The van der Waals surface area contributed by atoms with Gasteiger partial charge in [-0.05, 0) is 24.1 Å². The average molecular weight is 269 g/mol. The molecule has 20 heavy (non-hydrogen) atoms. The van der Waals surface area contributed by atoms with Gasteiger partial charge >= 0.3 is 0 Å². The van der Waals surface area contributed by atoms with E-state index in [4.69, 9.17) is 0 Å². The third-order valence-corrected chi connectivity index (χ3v) is 3.60. The van der Waals surface area contributed by atoms with E-state index in [2.05, 4.69) is 36.1 Å². The molecule has 0 saturated heterocycles. The van der Waals surface area contributed by atoms with Gasteiger partial charge in [-0.2, -0.15) is 0 Å². The summed E-state index contributed by atoms with van der Waals surface area (Å²) >= 11 is 0. The SMILES string of the molecule is CCN(CCC(O)c1ccccc1)Cc1ccccc1. The molecule has 0 saturated carbocycles. The third kappa shape index (κ3) is 4.48. The van der Waals surface area contributed by atoms with Gasteiger partial charge in [0.1, 0.15) is 0 Å². The summed E-state index contributed by atoms with van der Waals surface area (Å²) in [7, 11) is 0. The highest BCUT2D eigenvalue weighted by Gasteiger charge is 2.10. The van der Waals surface area contributed by atoms with Gasteiger partial charge < -0.3 is 5.11 Å². The molecule has 0 radical (unpaired) electrons. The van der Waals surface area contributed by atoms with E-state index in [-0.39, 0.29) is 6.10 Å². The number of hydrogen-bond acceptors (Lipinski definition) is 2. The van der Waals surface area contributed by atoms with Gasteiger partial charge in [0.05, 0.1) is 6.10 Å². The fourth-order valence-electron chi connectivity index (χ4n) is 2.34. The summed E-state index contributed by atoms with van der Waals surface area (Å²) in [6, 6.07) is 20.4. The zero-order valence-corrected chi connectivity index (χ0v) is 12.1. The molecule has 0 amide bonds. The van der Waals surface area contributed by atoms with Crippen molar-refractivity contribution in [3.63, 3.8) is 0 Å². The lowest BCUT2D eigenvalue weighted by atomic mass is 10.1. The first-order valence-corrected chi connectivity index (χ1v) is 7.29. The van der Waals surface area contributed by atoms with E-state index < -0.39 is 0 Å². The number of benzene rings is 2. The molecule has 2 aromatic rings. The largest absolute Gasteiger partial charge is 0.388 e. The van der Waals surface area contributed by atoms with E-state index in [0.717, 1.165) is 31.6 Å². The lowest BCUT2D eigenvalue weighted by Crippen LogP contribution is -2.25. The molecule has 0 fully saturated rings. The molecule has 0 spiro atoms. The first-order chi connectivity index (χ1) is 9.79. The topological polar surface area (TPSA) is 23.5 Å². The Morgan fingerprint density at radius 1 is 0.950 bits per heavy atom. The van der Waals surface area contributed by atoms with Gasteiger partial charge in [0.15, 0.2) is 0 Å². The number of aliphatic hydroxyl groups is 1. The van der Waals surface area contributed by atoms with Crippen LogP contribution in [0, 0.1) is 0 Å². The zero-order chi connectivity index (χ0) is 14.2. The van der Waals surface area contributed by atoms with Crippen molar-refractivity contribution in [3.8, 4) is 0 Å².